The van der Waals surface area contributed by atoms with Gasteiger partial charge in [0.25, 0.3) is 0 Å². The van der Waals surface area contributed by atoms with Crippen LogP contribution in [0.2, 0.25) is 5.28 Å². The average Bonchev–Trinajstić information content (AvgIpc) is 3.24. The monoisotopic (exact) mass is 730 g/mol. The van der Waals surface area contributed by atoms with Gasteiger partial charge in [-0.25, -0.2) is 19.9 Å². The third-order valence-corrected chi connectivity index (χ3v) is 9.27. The van der Waals surface area contributed by atoms with E-state index in [0.717, 1.165) is 55.7 Å². The van der Waals surface area contributed by atoms with Crippen LogP contribution in [0.4, 0.5) is 17.3 Å². The van der Waals surface area contributed by atoms with E-state index < -0.39 is 0 Å². The first-order chi connectivity index (χ1) is 27.1. The van der Waals surface area contributed by atoms with Crippen LogP contribution in [0.3, 0.4) is 0 Å². The van der Waals surface area contributed by atoms with E-state index in [1.54, 1.807) is 0 Å². The lowest BCUT2D eigenvalue weighted by Gasteiger charge is -2.12. The molecule has 0 atom stereocenters. The molecule has 2 aromatic heterocycles. The van der Waals surface area contributed by atoms with Gasteiger partial charge in [-0.2, -0.15) is 0 Å². The molecule has 10 aromatic rings. The number of nitrogens with two attached hydrogens (primary N) is 1. The minimum atomic E-state index is 0.275. The maximum absolute atomic E-state index is 6.10. The Hall–Kier alpha value is -7.15. The number of fused-ring (bicyclic) bond motifs is 4. The van der Waals surface area contributed by atoms with Crippen molar-refractivity contribution in [3.8, 4) is 22.5 Å². The first kappa shape index (κ1) is 34.9. The van der Waals surface area contributed by atoms with Gasteiger partial charge in [0, 0.05) is 33.3 Å². The molecule has 6 nitrogen and oxygen atoms in total. The predicted octanol–water partition coefficient (Wildman–Crippen LogP) is 12.6. The van der Waals surface area contributed by atoms with E-state index in [0.29, 0.717) is 5.95 Å². The average molecular weight is 731 g/mol. The van der Waals surface area contributed by atoms with E-state index >= 15 is 0 Å². The number of rotatable bonds is 4. The number of hydrogen-bond donors (Lipinski definition) is 2. The number of hydrogen-bond acceptors (Lipinski definition) is 6. The van der Waals surface area contributed by atoms with Crippen molar-refractivity contribution in [1.82, 2.24) is 19.9 Å². The normalized spacial score (nSPS) is 10.7. The Balaban J connectivity index is 0.000000135. The predicted molar refractivity (Wildman–Crippen MR) is 231 cm³/mol. The van der Waals surface area contributed by atoms with E-state index in [4.69, 9.17) is 27.3 Å². The molecule has 8 aromatic carbocycles. The van der Waals surface area contributed by atoms with Gasteiger partial charge in [-0.05, 0) is 69.5 Å². The second kappa shape index (κ2) is 16.3. The summed E-state index contributed by atoms with van der Waals surface area (Å²) in [5, 5.41) is 10.4. The smallest absolute Gasteiger partial charge is 0.228 e. The molecule has 3 N–H and O–H groups in total. The van der Waals surface area contributed by atoms with Crippen LogP contribution in [0.25, 0.3) is 65.9 Å². The number of nitrogen functional groups attached to an aromatic ring is 1. The molecule has 0 amide bonds. The van der Waals surface area contributed by atoms with Crippen molar-refractivity contribution in [2.75, 3.05) is 11.1 Å². The highest BCUT2D eigenvalue weighted by molar-refractivity contribution is 6.29. The van der Waals surface area contributed by atoms with E-state index in [2.05, 4.69) is 88.1 Å². The molecule has 0 spiro atoms. The van der Waals surface area contributed by atoms with Crippen molar-refractivity contribution in [2.24, 2.45) is 0 Å². The number of para-hydroxylation sites is 4. The summed E-state index contributed by atoms with van der Waals surface area (Å²) in [5.74, 6) is 0.600. The summed E-state index contributed by atoms with van der Waals surface area (Å²) in [6, 6.07) is 64.8. The van der Waals surface area contributed by atoms with E-state index in [1.807, 2.05) is 121 Å². The summed E-state index contributed by atoms with van der Waals surface area (Å²) in [7, 11) is 0. The van der Waals surface area contributed by atoms with Crippen molar-refractivity contribution >= 4 is 72.3 Å². The van der Waals surface area contributed by atoms with Crippen molar-refractivity contribution in [3.63, 3.8) is 0 Å². The zero-order valence-electron chi connectivity index (χ0n) is 29.7. The van der Waals surface area contributed by atoms with Crippen LogP contribution in [-0.2, 0) is 0 Å². The summed E-state index contributed by atoms with van der Waals surface area (Å²) >= 11 is 6.10. The topological polar surface area (TPSA) is 89.6 Å². The molecule has 7 heteroatoms. The lowest BCUT2D eigenvalue weighted by molar-refractivity contribution is 1.22. The van der Waals surface area contributed by atoms with E-state index in [1.165, 1.54) is 21.5 Å². The van der Waals surface area contributed by atoms with Crippen molar-refractivity contribution in [1.29, 1.82) is 0 Å². The highest BCUT2D eigenvalue weighted by atomic mass is 35.5. The minimum Gasteiger partial charge on any atom is -0.399 e. The van der Waals surface area contributed by atoms with Gasteiger partial charge >= 0.3 is 0 Å². The Morgan fingerprint density at radius 2 is 0.818 bits per heavy atom. The van der Waals surface area contributed by atoms with Gasteiger partial charge in [-0.15, -0.1) is 0 Å². The third kappa shape index (κ3) is 7.95. The van der Waals surface area contributed by atoms with Crippen LogP contribution in [0.1, 0.15) is 0 Å². The highest BCUT2D eigenvalue weighted by Crippen LogP contribution is 2.34. The fourth-order valence-corrected chi connectivity index (χ4v) is 6.73. The van der Waals surface area contributed by atoms with E-state index in [-0.39, 0.29) is 5.28 Å². The van der Waals surface area contributed by atoms with Crippen LogP contribution in [0, 0.1) is 0 Å². The summed E-state index contributed by atoms with van der Waals surface area (Å²) in [6.07, 6.45) is 0. The molecule has 2 heterocycles. The number of benzene rings is 8. The Labute approximate surface area is 324 Å². The second-order valence-electron chi connectivity index (χ2n) is 12.7. The van der Waals surface area contributed by atoms with E-state index in [9.17, 15) is 0 Å². The molecule has 0 fully saturated rings. The molecule has 10 rings (SSSR count). The van der Waals surface area contributed by atoms with Gasteiger partial charge in [-0.3, -0.25) is 0 Å². The molecule has 0 saturated heterocycles. The summed E-state index contributed by atoms with van der Waals surface area (Å²) in [6.45, 7) is 0. The maximum atomic E-state index is 6.10. The molecule has 0 bridgehead atoms. The molecular formula is C48H35ClN6. The number of anilines is 3. The largest absolute Gasteiger partial charge is 0.399 e. The van der Waals surface area contributed by atoms with Crippen LogP contribution < -0.4 is 11.1 Å². The number of nitrogens with one attached hydrogen (secondary N) is 1. The van der Waals surface area contributed by atoms with Crippen LogP contribution in [0.5, 0.6) is 0 Å². The SMILES string of the molecule is Clc1nc(-c2cccc3ccccc23)c2ccccc2n1.Nc1ccccc1.c1ccc(Nc2nc(-c3cccc4ccccc34)c3ccccc3n2)cc1. The molecule has 0 saturated carbocycles. The summed E-state index contributed by atoms with van der Waals surface area (Å²) < 4.78 is 0. The number of aromatic nitrogens is 4. The van der Waals surface area contributed by atoms with Crippen LogP contribution in [0.15, 0.2) is 194 Å². The first-order valence-electron chi connectivity index (χ1n) is 17.9. The zero-order chi connectivity index (χ0) is 37.4. The molecule has 264 valence electrons. The molecule has 55 heavy (non-hydrogen) atoms. The van der Waals surface area contributed by atoms with Crippen molar-refractivity contribution < 1.29 is 0 Å². The molecule has 0 aliphatic heterocycles. The quantitative estimate of drug-likeness (QED) is 0.138. The maximum Gasteiger partial charge on any atom is 0.228 e. The highest BCUT2D eigenvalue weighted by Gasteiger charge is 2.13. The Kier molecular flexibility index (Phi) is 10.3. The van der Waals surface area contributed by atoms with Gasteiger partial charge in [0.05, 0.1) is 22.4 Å². The van der Waals surface area contributed by atoms with Crippen LogP contribution >= 0.6 is 11.6 Å². The fourth-order valence-electron chi connectivity index (χ4n) is 6.56. The van der Waals surface area contributed by atoms with Gasteiger partial charge in [0.15, 0.2) is 0 Å². The Morgan fingerprint density at radius 3 is 1.36 bits per heavy atom. The zero-order valence-corrected chi connectivity index (χ0v) is 30.5. The fraction of sp³-hybridized carbons (Fsp3) is 0. The number of nitrogens with zero attached hydrogens (tertiary/aromatic N) is 4. The number of halogens is 1. The minimum absolute atomic E-state index is 0.275. The molecule has 0 radical (unpaired) electrons. The van der Waals surface area contributed by atoms with Crippen LogP contribution in [-0.4, -0.2) is 19.9 Å². The second-order valence-corrected chi connectivity index (χ2v) is 13.1. The first-order valence-corrected chi connectivity index (χ1v) is 18.3. The molecule has 0 aliphatic rings. The summed E-state index contributed by atoms with van der Waals surface area (Å²) in [4.78, 5) is 18.4. The van der Waals surface area contributed by atoms with Gasteiger partial charge in [0.2, 0.25) is 11.2 Å². The standard InChI is InChI=1S/C24H17N3.C18H11ClN2.C6H7N/c1-2-11-18(12-3-1)25-24-26-22-16-7-6-14-21(22)23(27-24)20-15-8-10-17-9-4-5-13-19(17)20;19-18-20-16-11-4-3-9-15(16)17(21-18)14-10-5-7-12-6-1-2-8-13(12)14;7-6-4-2-1-3-5-6/h1-16H,(H,25,26,27);1-11H;1-5H,7H2. The lowest BCUT2D eigenvalue weighted by atomic mass is 9.99. The Bertz CT molecular complexity index is 2870. The third-order valence-electron chi connectivity index (χ3n) is 9.10. The molecule has 0 unspecified atom stereocenters. The lowest BCUT2D eigenvalue weighted by Crippen LogP contribution is -2.00. The van der Waals surface area contributed by atoms with Crippen molar-refractivity contribution in [2.45, 2.75) is 0 Å². The summed E-state index contributed by atoms with van der Waals surface area (Å²) in [5.41, 5.74) is 12.9. The van der Waals surface area contributed by atoms with Gasteiger partial charge in [0.1, 0.15) is 0 Å². The van der Waals surface area contributed by atoms with Gasteiger partial charge < -0.3 is 11.1 Å². The molecular weight excluding hydrogens is 696 g/mol. The Morgan fingerprint density at radius 1 is 0.382 bits per heavy atom. The molecule has 0 aliphatic carbocycles. The van der Waals surface area contributed by atoms with Crippen molar-refractivity contribution in [3.05, 3.63) is 199 Å². The van der Waals surface area contributed by atoms with Gasteiger partial charge in [-0.1, -0.05) is 158 Å².